The van der Waals surface area contributed by atoms with Crippen LogP contribution in [0.15, 0.2) is 0 Å². The highest BCUT2D eigenvalue weighted by Crippen LogP contribution is 2.14. The van der Waals surface area contributed by atoms with Crippen LogP contribution in [0.5, 0.6) is 0 Å². The molecule has 0 bridgehead atoms. The van der Waals surface area contributed by atoms with Gasteiger partial charge in [0.25, 0.3) is 0 Å². The summed E-state index contributed by atoms with van der Waals surface area (Å²) in [6.45, 7) is 3.40. The maximum absolute atomic E-state index is 4.53. The summed E-state index contributed by atoms with van der Waals surface area (Å²) in [6.07, 6.45) is 9.66. The Morgan fingerprint density at radius 1 is 1.27 bits per heavy atom. The van der Waals surface area contributed by atoms with Crippen molar-refractivity contribution < 1.29 is 0 Å². The SMILES string of the molecule is CCCCCCC1CCC[N]1. The molecule has 1 heterocycles. The van der Waals surface area contributed by atoms with Crippen molar-refractivity contribution in [2.75, 3.05) is 6.54 Å². The van der Waals surface area contributed by atoms with Crippen LogP contribution in [0.25, 0.3) is 0 Å². The Morgan fingerprint density at radius 2 is 2.18 bits per heavy atom. The van der Waals surface area contributed by atoms with E-state index in [0.29, 0.717) is 0 Å². The highest BCUT2D eigenvalue weighted by molar-refractivity contribution is 4.72. The van der Waals surface area contributed by atoms with Gasteiger partial charge in [0, 0.05) is 12.6 Å². The minimum Gasteiger partial charge on any atom is -0.238 e. The molecule has 1 heteroatoms. The quantitative estimate of drug-likeness (QED) is 0.541. The van der Waals surface area contributed by atoms with E-state index in [1.54, 1.807) is 0 Å². The van der Waals surface area contributed by atoms with Crippen molar-refractivity contribution in [3.63, 3.8) is 0 Å². The molecule has 0 saturated carbocycles. The van der Waals surface area contributed by atoms with E-state index in [0.717, 1.165) is 12.6 Å². The summed E-state index contributed by atoms with van der Waals surface area (Å²) in [7, 11) is 0. The van der Waals surface area contributed by atoms with E-state index in [4.69, 9.17) is 0 Å². The van der Waals surface area contributed by atoms with Crippen molar-refractivity contribution >= 4 is 0 Å². The first-order valence-electron chi connectivity index (χ1n) is 5.10. The zero-order valence-electron chi connectivity index (χ0n) is 7.68. The van der Waals surface area contributed by atoms with E-state index in [-0.39, 0.29) is 0 Å². The average molecular weight is 154 g/mol. The number of unbranched alkanes of at least 4 members (excludes halogenated alkanes) is 3. The molecule has 0 aromatic rings. The van der Waals surface area contributed by atoms with E-state index >= 15 is 0 Å². The van der Waals surface area contributed by atoms with Crippen LogP contribution in [0.3, 0.4) is 0 Å². The Bertz CT molecular complexity index is 84.9. The van der Waals surface area contributed by atoms with Gasteiger partial charge in [0.15, 0.2) is 0 Å². The van der Waals surface area contributed by atoms with Crippen molar-refractivity contribution in [3.8, 4) is 0 Å². The Labute approximate surface area is 70.6 Å². The molecule has 0 aromatic carbocycles. The third kappa shape index (κ3) is 3.76. The molecule has 1 radical (unpaired) electrons. The molecule has 1 nitrogen and oxygen atoms in total. The Kier molecular flexibility index (Phi) is 4.60. The van der Waals surface area contributed by atoms with Gasteiger partial charge in [-0.1, -0.05) is 32.6 Å². The second kappa shape index (κ2) is 5.59. The molecule has 1 fully saturated rings. The molecule has 1 aliphatic rings. The molecule has 1 saturated heterocycles. The van der Waals surface area contributed by atoms with Crippen LogP contribution in [0.2, 0.25) is 0 Å². The van der Waals surface area contributed by atoms with Crippen molar-refractivity contribution in [2.24, 2.45) is 0 Å². The van der Waals surface area contributed by atoms with Crippen LogP contribution in [0.4, 0.5) is 0 Å². The molecule has 0 amide bonds. The standard InChI is InChI=1S/C10H20N/c1-2-3-4-5-7-10-8-6-9-11-10/h10H,2-9H2,1H3. The molecular formula is C10H20N. The Morgan fingerprint density at radius 3 is 2.82 bits per heavy atom. The Balaban J connectivity index is 1.86. The molecule has 0 N–H and O–H groups in total. The minimum absolute atomic E-state index is 0.742. The van der Waals surface area contributed by atoms with E-state index in [1.807, 2.05) is 0 Å². The summed E-state index contributed by atoms with van der Waals surface area (Å²) >= 11 is 0. The molecule has 1 aliphatic heterocycles. The number of rotatable bonds is 5. The monoisotopic (exact) mass is 154 g/mol. The highest BCUT2D eigenvalue weighted by atomic mass is 14.9. The summed E-state index contributed by atoms with van der Waals surface area (Å²) < 4.78 is 0. The summed E-state index contributed by atoms with van der Waals surface area (Å²) in [5.74, 6) is 0. The average Bonchev–Trinajstić information content (AvgIpc) is 2.50. The van der Waals surface area contributed by atoms with Gasteiger partial charge >= 0.3 is 0 Å². The normalized spacial score (nSPS) is 24.3. The van der Waals surface area contributed by atoms with E-state index in [1.165, 1.54) is 44.9 Å². The van der Waals surface area contributed by atoms with Gasteiger partial charge in [0.2, 0.25) is 0 Å². The van der Waals surface area contributed by atoms with Gasteiger partial charge in [0.1, 0.15) is 0 Å². The van der Waals surface area contributed by atoms with Crippen LogP contribution in [0.1, 0.15) is 51.9 Å². The first-order chi connectivity index (χ1) is 5.43. The highest BCUT2D eigenvalue weighted by Gasteiger charge is 2.13. The van der Waals surface area contributed by atoms with Gasteiger partial charge in [-0.2, -0.15) is 0 Å². The lowest BCUT2D eigenvalue weighted by Crippen LogP contribution is -2.13. The van der Waals surface area contributed by atoms with E-state index in [2.05, 4.69) is 12.2 Å². The van der Waals surface area contributed by atoms with Crippen LogP contribution in [-0.4, -0.2) is 12.6 Å². The Hall–Kier alpha value is -0.0400. The van der Waals surface area contributed by atoms with Gasteiger partial charge in [-0.15, -0.1) is 0 Å². The third-order valence-corrected chi connectivity index (χ3v) is 2.47. The van der Waals surface area contributed by atoms with Gasteiger partial charge < -0.3 is 0 Å². The lowest BCUT2D eigenvalue weighted by atomic mass is 10.1. The molecule has 11 heavy (non-hydrogen) atoms. The first-order valence-corrected chi connectivity index (χ1v) is 5.10. The topological polar surface area (TPSA) is 14.1 Å². The molecule has 65 valence electrons. The molecular weight excluding hydrogens is 134 g/mol. The largest absolute Gasteiger partial charge is 0.238 e. The smallest absolute Gasteiger partial charge is 0.0246 e. The van der Waals surface area contributed by atoms with Gasteiger partial charge in [0.05, 0.1) is 0 Å². The third-order valence-electron chi connectivity index (χ3n) is 2.47. The van der Waals surface area contributed by atoms with Gasteiger partial charge in [-0.05, 0) is 19.3 Å². The van der Waals surface area contributed by atoms with Crippen molar-refractivity contribution in [2.45, 2.75) is 57.9 Å². The predicted octanol–water partition coefficient (Wildman–Crippen LogP) is 2.72. The van der Waals surface area contributed by atoms with Gasteiger partial charge in [-0.25, -0.2) is 5.32 Å². The first kappa shape index (κ1) is 9.05. The zero-order valence-corrected chi connectivity index (χ0v) is 7.68. The molecule has 1 atom stereocenters. The molecule has 1 rings (SSSR count). The van der Waals surface area contributed by atoms with Crippen molar-refractivity contribution in [1.82, 2.24) is 5.32 Å². The van der Waals surface area contributed by atoms with E-state index in [9.17, 15) is 0 Å². The fourth-order valence-corrected chi connectivity index (χ4v) is 1.73. The van der Waals surface area contributed by atoms with Crippen LogP contribution in [-0.2, 0) is 0 Å². The minimum atomic E-state index is 0.742. The predicted molar refractivity (Wildman–Crippen MR) is 48.8 cm³/mol. The lowest BCUT2D eigenvalue weighted by Gasteiger charge is -2.06. The maximum atomic E-state index is 4.53. The molecule has 0 spiro atoms. The maximum Gasteiger partial charge on any atom is 0.0246 e. The van der Waals surface area contributed by atoms with Gasteiger partial charge in [-0.3, -0.25) is 0 Å². The lowest BCUT2D eigenvalue weighted by molar-refractivity contribution is 0.507. The van der Waals surface area contributed by atoms with Crippen molar-refractivity contribution in [1.29, 1.82) is 0 Å². The summed E-state index contributed by atoms with van der Waals surface area (Å²) in [4.78, 5) is 0. The summed E-state index contributed by atoms with van der Waals surface area (Å²) in [6, 6.07) is 0.742. The summed E-state index contributed by atoms with van der Waals surface area (Å²) in [5, 5.41) is 4.53. The second-order valence-corrected chi connectivity index (χ2v) is 3.55. The molecule has 1 unspecified atom stereocenters. The van der Waals surface area contributed by atoms with Crippen LogP contribution in [0, 0.1) is 0 Å². The number of hydrogen-bond donors (Lipinski definition) is 0. The molecule has 0 aliphatic carbocycles. The molecule has 0 aromatic heterocycles. The van der Waals surface area contributed by atoms with E-state index < -0.39 is 0 Å². The zero-order chi connectivity index (χ0) is 7.94. The fraction of sp³-hybridized carbons (Fsp3) is 1.00. The number of nitrogens with zero attached hydrogens (tertiary/aromatic N) is 1. The summed E-state index contributed by atoms with van der Waals surface area (Å²) in [5.41, 5.74) is 0. The van der Waals surface area contributed by atoms with Crippen molar-refractivity contribution in [3.05, 3.63) is 0 Å². The fourth-order valence-electron chi connectivity index (χ4n) is 1.73. The van der Waals surface area contributed by atoms with Crippen LogP contribution < -0.4 is 5.32 Å². The second-order valence-electron chi connectivity index (χ2n) is 3.55. The van der Waals surface area contributed by atoms with Crippen LogP contribution >= 0.6 is 0 Å². The number of hydrogen-bond acceptors (Lipinski definition) is 0.